The second-order valence-electron chi connectivity index (χ2n) is 8.98. The number of nitrogens with zero attached hydrogens (tertiary/aromatic N) is 2. The van der Waals surface area contributed by atoms with Crippen LogP contribution in [0.2, 0.25) is 0 Å². The van der Waals surface area contributed by atoms with Crippen LogP contribution in [0.4, 0.5) is 5.69 Å². The van der Waals surface area contributed by atoms with E-state index in [4.69, 9.17) is 19.2 Å². The van der Waals surface area contributed by atoms with E-state index < -0.39 is 5.97 Å². The van der Waals surface area contributed by atoms with Crippen molar-refractivity contribution in [1.29, 1.82) is 0 Å². The Kier molecular flexibility index (Phi) is 7.09. The van der Waals surface area contributed by atoms with E-state index in [2.05, 4.69) is 6.08 Å². The van der Waals surface area contributed by atoms with Gasteiger partial charge in [-0.05, 0) is 65.9 Å². The van der Waals surface area contributed by atoms with Gasteiger partial charge in [0.05, 0.1) is 31.0 Å². The molecule has 7 heteroatoms. The molecule has 1 aromatic heterocycles. The highest BCUT2D eigenvalue weighted by atomic mass is 16.5. The standard InChI is InChI=1S/C31H28N2O5/c1-33(22-9-5-4-6-10-22)28(34)19-38-31(35)29-23-11-7-8-12-25(23)32-30-21(14-15-24(29)30)17-20-13-16-26(36-2)27(18-20)37-3/h4-13,16-18H,14-15,19H2,1-3H3/b21-17+. The van der Waals surface area contributed by atoms with E-state index in [-0.39, 0.29) is 12.5 Å². The van der Waals surface area contributed by atoms with Crippen molar-refractivity contribution in [2.24, 2.45) is 0 Å². The number of hydrogen-bond acceptors (Lipinski definition) is 6. The third-order valence-electron chi connectivity index (χ3n) is 6.74. The summed E-state index contributed by atoms with van der Waals surface area (Å²) in [5, 5.41) is 0.715. The van der Waals surface area contributed by atoms with Crippen LogP contribution in [0.15, 0.2) is 72.8 Å². The molecule has 0 saturated carbocycles. The van der Waals surface area contributed by atoms with Crippen molar-refractivity contribution in [3.05, 3.63) is 95.2 Å². The van der Waals surface area contributed by atoms with Gasteiger partial charge in [-0.25, -0.2) is 9.78 Å². The molecule has 0 unspecified atom stereocenters. The number of hydrogen-bond donors (Lipinski definition) is 0. The molecule has 1 amide bonds. The molecule has 0 atom stereocenters. The molecule has 7 nitrogen and oxygen atoms in total. The molecule has 1 aliphatic rings. The van der Waals surface area contributed by atoms with E-state index in [9.17, 15) is 9.59 Å². The molecule has 3 aromatic carbocycles. The van der Waals surface area contributed by atoms with Crippen molar-refractivity contribution in [2.75, 3.05) is 32.8 Å². The summed E-state index contributed by atoms with van der Waals surface area (Å²) in [5.41, 5.74) is 5.48. The molecule has 0 N–H and O–H groups in total. The molecular weight excluding hydrogens is 480 g/mol. The fourth-order valence-corrected chi connectivity index (χ4v) is 4.75. The summed E-state index contributed by atoms with van der Waals surface area (Å²) < 4.78 is 16.4. The summed E-state index contributed by atoms with van der Waals surface area (Å²) in [6, 6.07) is 22.5. The van der Waals surface area contributed by atoms with Gasteiger partial charge in [-0.3, -0.25) is 4.79 Å². The molecule has 192 valence electrons. The monoisotopic (exact) mass is 508 g/mol. The molecule has 38 heavy (non-hydrogen) atoms. The summed E-state index contributed by atoms with van der Waals surface area (Å²) in [7, 11) is 4.87. The van der Waals surface area contributed by atoms with Gasteiger partial charge in [0.2, 0.25) is 0 Å². The zero-order chi connectivity index (χ0) is 26.6. The molecule has 0 spiro atoms. The number of carbonyl (C=O) groups is 2. The van der Waals surface area contributed by atoms with E-state index in [0.29, 0.717) is 34.4 Å². The van der Waals surface area contributed by atoms with Gasteiger partial charge in [-0.2, -0.15) is 0 Å². The van der Waals surface area contributed by atoms with Crippen LogP contribution in [-0.2, 0) is 16.0 Å². The van der Waals surface area contributed by atoms with Gasteiger partial charge in [0.1, 0.15) is 0 Å². The van der Waals surface area contributed by atoms with Crippen LogP contribution in [-0.4, -0.2) is 44.7 Å². The topological polar surface area (TPSA) is 78.0 Å². The molecule has 0 aliphatic heterocycles. The summed E-state index contributed by atoms with van der Waals surface area (Å²) >= 11 is 0. The number of esters is 1. The number of benzene rings is 3. The second-order valence-corrected chi connectivity index (χ2v) is 8.98. The number of fused-ring (bicyclic) bond motifs is 2. The van der Waals surface area contributed by atoms with Crippen LogP contribution in [0.5, 0.6) is 11.5 Å². The summed E-state index contributed by atoms with van der Waals surface area (Å²) in [4.78, 5) is 32.6. The van der Waals surface area contributed by atoms with Crippen LogP contribution < -0.4 is 14.4 Å². The maximum atomic E-state index is 13.4. The van der Waals surface area contributed by atoms with Crippen molar-refractivity contribution in [3.63, 3.8) is 0 Å². The van der Waals surface area contributed by atoms with E-state index in [1.165, 1.54) is 4.90 Å². The maximum absolute atomic E-state index is 13.4. The minimum absolute atomic E-state index is 0.311. The van der Waals surface area contributed by atoms with E-state index in [0.717, 1.165) is 34.5 Å². The van der Waals surface area contributed by atoms with E-state index in [1.54, 1.807) is 21.3 Å². The number of anilines is 1. The number of likely N-dealkylation sites (N-methyl/N-ethyl adjacent to an activating group) is 1. The predicted octanol–water partition coefficient (Wildman–Crippen LogP) is 5.56. The molecule has 0 bridgehead atoms. The number of rotatable bonds is 7. The van der Waals surface area contributed by atoms with Crippen LogP contribution >= 0.6 is 0 Å². The Bertz CT molecular complexity index is 1550. The third kappa shape index (κ3) is 4.83. The van der Waals surface area contributed by atoms with Gasteiger partial charge in [0, 0.05) is 18.1 Å². The Morgan fingerprint density at radius 3 is 2.42 bits per heavy atom. The normalized spacial score (nSPS) is 13.3. The lowest BCUT2D eigenvalue weighted by Gasteiger charge is -2.18. The molecular formula is C31H28N2O5. The quantitative estimate of drug-likeness (QED) is 0.304. The number of carbonyl (C=O) groups excluding carboxylic acids is 2. The first-order chi connectivity index (χ1) is 18.5. The Balaban J connectivity index is 1.46. The van der Waals surface area contributed by atoms with Crippen molar-refractivity contribution in [1.82, 2.24) is 4.98 Å². The largest absolute Gasteiger partial charge is 0.493 e. The van der Waals surface area contributed by atoms with Gasteiger partial charge < -0.3 is 19.1 Å². The van der Waals surface area contributed by atoms with Crippen molar-refractivity contribution < 1.29 is 23.8 Å². The number of para-hydroxylation sites is 2. The van der Waals surface area contributed by atoms with Crippen LogP contribution in [0.25, 0.3) is 22.6 Å². The van der Waals surface area contributed by atoms with Crippen LogP contribution in [0.1, 0.15) is 33.6 Å². The Morgan fingerprint density at radius 1 is 0.921 bits per heavy atom. The highest BCUT2D eigenvalue weighted by molar-refractivity contribution is 6.08. The molecule has 1 aliphatic carbocycles. The number of ether oxygens (including phenoxy) is 3. The Hall–Kier alpha value is -4.65. The highest BCUT2D eigenvalue weighted by Crippen LogP contribution is 2.38. The molecule has 1 heterocycles. The van der Waals surface area contributed by atoms with Gasteiger partial charge in [0.15, 0.2) is 18.1 Å². The lowest BCUT2D eigenvalue weighted by molar-refractivity contribution is -0.121. The second kappa shape index (κ2) is 10.8. The lowest BCUT2D eigenvalue weighted by Crippen LogP contribution is -2.31. The summed E-state index contributed by atoms with van der Waals surface area (Å²) in [5.74, 6) is 0.458. The number of allylic oxidation sites excluding steroid dienone is 1. The minimum Gasteiger partial charge on any atom is -0.493 e. The number of methoxy groups -OCH3 is 2. The number of amides is 1. The van der Waals surface area contributed by atoms with Crippen LogP contribution in [0.3, 0.4) is 0 Å². The van der Waals surface area contributed by atoms with Crippen molar-refractivity contribution >= 4 is 40.1 Å². The van der Waals surface area contributed by atoms with E-state index in [1.807, 2.05) is 72.8 Å². The number of pyridine rings is 1. The van der Waals surface area contributed by atoms with E-state index >= 15 is 0 Å². The van der Waals surface area contributed by atoms with Crippen LogP contribution in [0, 0.1) is 0 Å². The third-order valence-corrected chi connectivity index (χ3v) is 6.74. The van der Waals surface area contributed by atoms with Gasteiger partial charge in [-0.15, -0.1) is 0 Å². The molecule has 0 radical (unpaired) electrons. The average Bonchev–Trinajstić information content (AvgIpc) is 3.35. The maximum Gasteiger partial charge on any atom is 0.339 e. The predicted molar refractivity (Wildman–Crippen MR) is 148 cm³/mol. The average molecular weight is 509 g/mol. The lowest BCUT2D eigenvalue weighted by atomic mass is 10.0. The Labute approximate surface area is 221 Å². The van der Waals surface area contributed by atoms with Gasteiger partial charge in [-0.1, -0.05) is 42.5 Å². The SMILES string of the molecule is COc1ccc(/C=C2\CCc3c2nc2ccccc2c3C(=O)OCC(=O)N(C)c2ccccc2)cc1OC. The zero-order valence-corrected chi connectivity index (χ0v) is 21.6. The molecule has 0 fully saturated rings. The number of aromatic nitrogens is 1. The summed E-state index contributed by atoms with van der Waals surface area (Å²) in [6.07, 6.45) is 3.43. The Morgan fingerprint density at radius 2 is 1.66 bits per heavy atom. The van der Waals surface area contributed by atoms with Gasteiger partial charge >= 0.3 is 5.97 Å². The first kappa shape index (κ1) is 25.0. The molecule has 4 aromatic rings. The first-order valence-electron chi connectivity index (χ1n) is 12.3. The first-order valence-corrected chi connectivity index (χ1v) is 12.3. The highest BCUT2D eigenvalue weighted by Gasteiger charge is 2.28. The summed E-state index contributed by atoms with van der Waals surface area (Å²) in [6.45, 7) is -0.357. The molecule has 0 saturated heterocycles. The van der Waals surface area contributed by atoms with Crippen molar-refractivity contribution in [2.45, 2.75) is 12.8 Å². The minimum atomic E-state index is -0.526. The van der Waals surface area contributed by atoms with Gasteiger partial charge in [0.25, 0.3) is 5.91 Å². The fourth-order valence-electron chi connectivity index (χ4n) is 4.75. The zero-order valence-electron chi connectivity index (χ0n) is 21.6. The smallest absolute Gasteiger partial charge is 0.339 e. The molecule has 5 rings (SSSR count). The van der Waals surface area contributed by atoms with Crippen molar-refractivity contribution in [3.8, 4) is 11.5 Å². The fraction of sp³-hybridized carbons (Fsp3) is 0.194.